The number of aromatic amines is 1. The molecule has 1 N–H and O–H groups in total. The SMILES string of the molecule is CC(=O)c1[nH]c(=O)c2sc(-c3cn[n-]c3)c3c2c1CCCO3.[Pd]. The third-order valence-electron chi connectivity index (χ3n) is 3.80. The number of hydrogen-bond acceptors (Lipinski definition) is 5. The fourth-order valence-electron chi connectivity index (χ4n) is 2.86. The number of rotatable bonds is 2. The van der Waals surface area contributed by atoms with Crippen LogP contribution in [0, 0.1) is 0 Å². The summed E-state index contributed by atoms with van der Waals surface area (Å²) in [5.74, 6) is 0.544. The third kappa shape index (κ3) is 2.47. The van der Waals surface area contributed by atoms with Crippen molar-refractivity contribution in [3.63, 3.8) is 0 Å². The zero-order valence-corrected chi connectivity index (χ0v) is 14.5. The molecule has 0 unspecified atom stereocenters. The van der Waals surface area contributed by atoms with Crippen LogP contribution in [0.5, 0.6) is 5.75 Å². The number of thiophene rings is 1. The maximum absolute atomic E-state index is 12.4. The molecule has 0 radical (unpaired) electrons. The summed E-state index contributed by atoms with van der Waals surface area (Å²) in [4.78, 5) is 27.8. The molecule has 0 amide bonds. The molecule has 0 saturated carbocycles. The maximum atomic E-state index is 12.4. The van der Waals surface area contributed by atoms with Crippen LogP contribution in [0.15, 0.2) is 17.2 Å². The number of nitrogens with zero attached hydrogens (tertiary/aromatic N) is 2. The number of ketones is 1. The Balaban J connectivity index is 0.00000156. The minimum absolute atomic E-state index is 0. The van der Waals surface area contributed by atoms with Crippen LogP contribution in [0.25, 0.3) is 20.5 Å². The van der Waals surface area contributed by atoms with Gasteiger partial charge in [0.15, 0.2) is 5.78 Å². The van der Waals surface area contributed by atoms with Gasteiger partial charge in [-0.1, -0.05) is 0 Å². The monoisotopic (exact) mass is 420 g/mol. The van der Waals surface area contributed by atoms with Gasteiger partial charge in [-0.3, -0.25) is 9.59 Å². The molecular weight excluding hydrogens is 409 g/mol. The van der Waals surface area contributed by atoms with E-state index in [1.807, 2.05) is 0 Å². The summed E-state index contributed by atoms with van der Waals surface area (Å²) in [6.07, 6.45) is 4.81. The number of carbonyl (C=O) groups is 1. The summed E-state index contributed by atoms with van der Waals surface area (Å²) < 4.78 is 6.49. The second-order valence-electron chi connectivity index (χ2n) is 5.22. The first-order valence-electron chi connectivity index (χ1n) is 6.96. The van der Waals surface area contributed by atoms with Gasteiger partial charge in [-0.2, -0.15) is 6.20 Å². The predicted molar refractivity (Wildman–Crippen MR) is 82.8 cm³/mol. The Bertz CT molecular complexity index is 943. The summed E-state index contributed by atoms with van der Waals surface area (Å²) >= 11 is 1.36. The number of ether oxygens (including phenoxy) is 1. The van der Waals surface area contributed by atoms with Gasteiger partial charge < -0.3 is 19.9 Å². The molecule has 122 valence electrons. The molecule has 0 bridgehead atoms. The van der Waals surface area contributed by atoms with Crippen molar-refractivity contribution in [2.24, 2.45) is 0 Å². The van der Waals surface area contributed by atoms with Gasteiger partial charge in [0.2, 0.25) is 0 Å². The Hall–Kier alpha value is -1.75. The number of hydrogen-bond donors (Lipinski definition) is 1. The third-order valence-corrected chi connectivity index (χ3v) is 5.02. The molecule has 0 atom stereocenters. The number of H-pyrrole nitrogens is 1. The number of aromatic nitrogens is 3. The summed E-state index contributed by atoms with van der Waals surface area (Å²) in [7, 11) is 0. The Kier molecular flexibility index (Phi) is 4.23. The van der Waals surface area contributed by atoms with E-state index in [1.54, 1.807) is 12.4 Å². The van der Waals surface area contributed by atoms with Crippen LogP contribution in [0.4, 0.5) is 0 Å². The Morgan fingerprint density at radius 1 is 1.48 bits per heavy atom. The second-order valence-corrected chi connectivity index (χ2v) is 6.25. The molecule has 23 heavy (non-hydrogen) atoms. The van der Waals surface area contributed by atoms with Crippen molar-refractivity contribution in [2.45, 2.75) is 19.8 Å². The van der Waals surface area contributed by atoms with Gasteiger partial charge in [-0.15, -0.1) is 11.3 Å². The van der Waals surface area contributed by atoms with Crippen molar-refractivity contribution in [3.05, 3.63) is 34.0 Å². The fraction of sp³-hybridized carbons (Fsp3) is 0.267. The quantitative estimate of drug-likeness (QED) is 0.507. The zero-order valence-electron chi connectivity index (χ0n) is 12.1. The molecule has 6 nitrogen and oxygen atoms in total. The van der Waals surface area contributed by atoms with Crippen molar-refractivity contribution in [2.75, 3.05) is 6.61 Å². The van der Waals surface area contributed by atoms with Gasteiger partial charge in [-0.05, 0) is 24.0 Å². The average molecular weight is 421 g/mol. The topological polar surface area (TPSA) is 86.2 Å². The number of nitrogens with one attached hydrogen (secondary N) is 1. The van der Waals surface area contributed by atoms with Crippen molar-refractivity contribution >= 4 is 27.2 Å². The van der Waals surface area contributed by atoms with Crippen LogP contribution in [-0.2, 0) is 26.8 Å². The Morgan fingerprint density at radius 2 is 2.30 bits per heavy atom. The molecule has 4 rings (SSSR count). The van der Waals surface area contributed by atoms with E-state index in [0.29, 0.717) is 29.2 Å². The van der Waals surface area contributed by atoms with Crippen LogP contribution in [-0.4, -0.2) is 22.5 Å². The normalized spacial score (nSPS) is 13.3. The van der Waals surface area contributed by atoms with Crippen molar-refractivity contribution in [3.8, 4) is 16.2 Å². The summed E-state index contributed by atoms with van der Waals surface area (Å²) in [5.41, 5.74) is 1.85. The van der Waals surface area contributed by atoms with Gasteiger partial charge in [0, 0.05) is 38.9 Å². The summed E-state index contributed by atoms with van der Waals surface area (Å²) in [6, 6.07) is 0. The molecule has 8 heteroatoms. The van der Waals surface area contributed by atoms with E-state index < -0.39 is 0 Å². The van der Waals surface area contributed by atoms with Gasteiger partial charge >= 0.3 is 0 Å². The molecule has 0 fully saturated rings. The van der Waals surface area contributed by atoms with Crippen molar-refractivity contribution in [1.82, 2.24) is 15.2 Å². The van der Waals surface area contributed by atoms with Crippen LogP contribution in [0.2, 0.25) is 0 Å². The fourth-order valence-corrected chi connectivity index (χ4v) is 4.01. The number of carbonyl (C=O) groups excluding carboxylic acids is 1. The first-order valence-corrected chi connectivity index (χ1v) is 7.77. The van der Waals surface area contributed by atoms with E-state index in [0.717, 1.165) is 27.8 Å². The summed E-state index contributed by atoms with van der Waals surface area (Å²) in [6.45, 7) is 2.03. The largest absolute Gasteiger partial charge is 0.581 e. The molecule has 3 aromatic heterocycles. The van der Waals surface area contributed by atoms with Crippen LogP contribution >= 0.6 is 11.3 Å². The first kappa shape index (κ1) is 16.1. The second kappa shape index (κ2) is 6.04. The molecule has 0 spiro atoms. The molecular formula is C15H12N3O3PdS-. The predicted octanol–water partition coefficient (Wildman–Crippen LogP) is 2.13. The van der Waals surface area contributed by atoms with Crippen molar-refractivity contribution in [1.29, 1.82) is 0 Å². The van der Waals surface area contributed by atoms with E-state index in [-0.39, 0.29) is 31.8 Å². The molecule has 1 aliphatic rings. The van der Waals surface area contributed by atoms with Crippen LogP contribution in [0.1, 0.15) is 29.4 Å². The Morgan fingerprint density at radius 3 is 3.00 bits per heavy atom. The molecule has 3 aromatic rings. The van der Waals surface area contributed by atoms with Gasteiger partial charge in [0.25, 0.3) is 5.56 Å². The number of aryl methyl sites for hydroxylation is 1. The molecule has 0 aromatic carbocycles. The van der Waals surface area contributed by atoms with E-state index in [2.05, 4.69) is 15.2 Å². The minimum Gasteiger partial charge on any atom is -0.581 e. The molecule has 0 aliphatic carbocycles. The van der Waals surface area contributed by atoms with Gasteiger partial charge in [0.1, 0.15) is 10.4 Å². The Labute approximate surface area is 148 Å². The first-order chi connectivity index (χ1) is 10.7. The molecule has 4 heterocycles. The number of pyridine rings is 1. The molecule has 1 aliphatic heterocycles. The van der Waals surface area contributed by atoms with E-state index in [1.165, 1.54) is 18.3 Å². The average Bonchev–Trinajstić information content (AvgIpc) is 3.07. The maximum Gasteiger partial charge on any atom is 0.266 e. The molecule has 0 saturated heterocycles. The van der Waals surface area contributed by atoms with Gasteiger partial charge in [-0.25, -0.2) is 0 Å². The van der Waals surface area contributed by atoms with E-state index in [4.69, 9.17) is 4.74 Å². The minimum atomic E-state index is -0.251. The van der Waals surface area contributed by atoms with Crippen molar-refractivity contribution < 1.29 is 30.0 Å². The number of Topliss-reactive ketones (excluding diaryl/α,β-unsaturated/α-hetero) is 1. The van der Waals surface area contributed by atoms with Crippen LogP contribution < -0.4 is 15.4 Å². The smallest absolute Gasteiger partial charge is 0.266 e. The summed E-state index contributed by atoms with van der Waals surface area (Å²) in [5, 5.41) is 8.45. The van der Waals surface area contributed by atoms with E-state index in [9.17, 15) is 9.59 Å². The standard InChI is InChI=1S/C15H13N3O3S.Pd/c1-7(19)11-9-3-2-4-21-12-10(9)14(15(20)18-11)22-13(12)8-5-16-17-6-8;/h5-6H,2-4H2,1H3,(H2,16,17,18,20);/p-1. The van der Waals surface area contributed by atoms with Crippen LogP contribution in [0.3, 0.4) is 0 Å². The van der Waals surface area contributed by atoms with Gasteiger partial charge in [0.05, 0.1) is 17.2 Å². The van der Waals surface area contributed by atoms with E-state index >= 15 is 0 Å². The zero-order chi connectivity index (χ0) is 15.3.